The number of hydrogen-bond acceptors (Lipinski definition) is 6. The largest absolute Gasteiger partial charge is 0.467 e. The number of aryl methyl sites for hydroxylation is 1. The highest BCUT2D eigenvalue weighted by molar-refractivity contribution is 5.94. The summed E-state index contributed by atoms with van der Waals surface area (Å²) in [6.07, 6.45) is 1.63. The molecular weight excluding hydrogens is 526 g/mol. The first-order valence-corrected chi connectivity index (χ1v) is 13.3. The van der Waals surface area contributed by atoms with Crippen molar-refractivity contribution in [2.24, 2.45) is 5.10 Å². The van der Waals surface area contributed by atoms with E-state index in [1.807, 2.05) is 66.7 Å². The number of hydrogen-bond donors (Lipinski definition) is 1. The minimum Gasteiger partial charge on any atom is -0.467 e. The maximum Gasteiger partial charge on any atom is 0.278 e. The molecule has 1 N–H and O–H groups in total. The molecule has 0 aliphatic rings. The van der Waals surface area contributed by atoms with E-state index < -0.39 is 5.91 Å². The molecule has 0 saturated carbocycles. The lowest BCUT2D eigenvalue weighted by molar-refractivity contribution is -0.123. The fourth-order valence-electron chi connectivity index (χ4n) is 4.73. The summed E-state index contributed by atoms with van der Waals surface area (Å²) in [5.41, 5.74) is 9.86. The van der Waals surface area contributed by atoms with Crippen LogP contribution in [-0.4, -0.2) is 35.4 Å². The summed E-state index contributed by atoms with van der Waals surface area (Å²) < 4.78 is 13.0. The molecule has 0 fully saturated rings. The maximum atomic E-state index is 12.7. The van der Waals surface area contributed by atoms with E-state index >= 15 is 0 Å². The van der Waals surface area contributed by atoms with Gasteiger partial charge in [0.05, 0.1) is 24.2 Å². The lowest BCUT2D eigenvalue weighted by Crippen LogP contribution is -2.25. The van der Waals surface area contributed by atoms with Gasteiger partial charge in [-0.3, -0.25) is 4.79 Å². The molecule has 0 atom stereocenters. The van der Waals surface area contributed by atoms with Crippen LogP contribution in [0.3, 0.4) is 0 Å². The predicted molar refractivity (Wildman–Crippen MR) is 162 cm³/mol. The molecule has 2 heterocycles. The Balaban J connectivity index is 1.44. The van der Waals surface area contributed by atoms with Gasteiger partial charge in [0.25, 0.3) is 5.91 Å². The minimum atomic E-state index is -0.487. The number of nitriles is 1. The average molecular weight is 556 g/mol. The second-order valence-corrected chi connectivity index (χ2v) is 9.47. The number of carbonyl (C=O) groups is 1. The van der Waals surface area contributed by atoms with Gasteiger partial charge in [-0.2, -0.15) is 10.4 Å². The summed E-state index contributed by atoms with van der Waals surface area (Å²) in [5.74, 6) is -0.402. The van der Waals surface area contributed by atoms with Gasteiger partial charge in [0, 0.05) is 29.6 Å². The number of methoxy groups -OCH3 is 1. The zero-order valence-electron chi connectivity index (χ0n) is 23.3. The molecular formula is C34H29N5O3. The van der Waals surface area contributed by atoms with Crippen molar-refractivity contribution in [3.05, 3.63) is 126 Å². The van der Waals surface area contributed by atoms with Gasteiger partial charge in [-0.1, -0.05) is 78.9 Å². The first-order valence-electron chi connectivity index (χ1n) is 13.3. The van der Waals surface area contributed by atoms with Gasteiger partial charge in [0.15, 0.2) is 6.61 Å². The Morgan fingerprint density at radius 1 is 0.976 bits per heavy atom. The summed E-state index contributed by atoms with van der Waals surface area (Å²) in [6, 6.07) is 36.2. The molecule has 5 aromatic rings. The molecule has 208 valence electrons. The smallest absolute Gasteiger partial charge is 0.278 e. The Labute approximate surface area is 244 Å². The number of carbonyl (C=O) groups excluding carboxylic acids is 1. The second kappa shape index (κ2) is 13.2. The number of para-hydroxylation sites is 1. The topological polar surface area (TPSA) is 102 Å². The molecule has 0 bridgehead atoms. The van der Waals surface area contributed by atoms with Crippen LogP contribution in [0.5, 0.6) is 5.88 Å². The van der Waals surface area contributed by atoms with Crippen molar-refractivity contribution in [2.75, 3.05) is 13.7 Å². The van der Waals surface area contributed by atoms with E-state index in [1.54, 1.807) is 26.3 Å². The number of amides is 1. The van der Waals surface area contributed by atoms with Crippen molar-refractivity contribution < 1.29 is 14.3 Å². The molecule has 0 spiro atoms. The molecule has 8 heteroatoms. The first-order chi connectivity index (χ1) is 20.6. The quantitative estimate of drug-likeness (QED) is 0.167. The van der Waals surface area contributed by atoms with Gasteiger partial charge < -0.3 is 14.0 Å². The summed E-state index contributed by atoms with van der Waals surface area (Å²) in [5, 5.41) is 13.9. The number of rotatable bonds is 10. The summed E-state index contributed by atoms with van der Waals surface area (Å²) in [7, 11) is 1.54. The highest BCUT2D eigenvalue weighted by atomic mass is 16.5. The molecule has 2 aromatic heterocycles. The third-order valence-electron chi connectivity index (χ3n) is 6.50. The lowest BCUT2D eigenvalue weighted by Gasteiger charge is -2.15. The fraction of sp³-hybridized carbons (Fsp3) is 0.118. The Morgan fingerprint density at radius 3 is 2.26 bits per heavy atom. The standard InChI is InChI=1S/C34H29N5O3/c1-24-18-28(22-41-2)30(20-35)34(37-24)42-23-32(40)38-36-21-27-19-31(25-12-6-3-7-13-25)39(29-16-10-5-11-17-29)33(27)26-14-8-4-9-15-26/h3-19,21H,22-23H2,1-2H3,(H,38,40). The normalized spacial score (nSPS) is 10.9. The van der Waals surface area contributed by atoms with Gasteiger partial charge in [0.2, 0.25) is 5.88 Å². The van der Waals surface area contributed by atoms with Crippen LogP contribution < -0.4 is 10.2 Å². The van der Waals surface area contributed by atoms with Crippen LogP contribution in [0.15, 0.2) is 108 Å². The molecule has 0 unspecified atom stereocenters. The molecule has 0 saturated heterocycles. The third-order valence-corrected chi connectivity index (χ3v) is 6.50. The summed E-state index contributed by atoms with van der Waals surface area (Å²) >= 11 is 0. The number of nitrogens with zero attached hydrogens (tertiary/aromatic N) is 4. The molecule has 0 radical (unpaired) electrons. The second-order valence-electron chi connectivity index (χ2n) is 9.47. The Bertz CT molecular complexity index is 1740. The fourth-order valence-corrected chi connectivity index (χ4v) is 4.73. The molecule has 1 amide bonds. The van der Waals surface area contributed by atoms with Gasteiger partial charge in [-0.15, -0.1) is 0 Å². The van der Waals surface area contributed by atoms with Crippen LogP contribution in [0.2, 0.25) is 0 Å². The van der Waals surface area contributed by atoms with Crippen molar-refractivity contribution in [3.8, 4) is 40.2 Å². The molecule has 3 aromatic carbocycles. The Kier molecular flexibility index (Phi) is 8.82. The number of benzene rings is 3. The van der Waals surface area contributed by atoms with Gasteiger partial charge >= 0.3 is 0 Å². The van der Waals surface area contributed by atoms with E-state index in [0.717, 1.165) is 33.8 Å². The molecule has 5 rings (SSSR count). The van der Waals surface area contributed by atoms with E-state index in [4.69, 9.17) is 9.47 Å². The van der Waals surface area contributed by atoms with E-state index in [1.165, 1.54) is 0 Å². The monoisotopic (exact) mass is 555 g/mol. The average Bonchev–Trinajstić information content (AvgIpc) is 3.41. The SMILES string of the molecule is COCc1cc(C)nc(OCC(=O)NN=Cc2cc(-c3ccccc3)n(-c3ccccc3)c2-c2ccccc2)c1C#N. The molecule has 42 heavy (non-hydrogen) atoms. The number of hydrazone groups is 1. The predicted octanol–water partition coefficient (Wildman–Crippen LogP) is 6.06. The van der Waals surface area contributed by atoms with Gasteiger partial charge in [0.1, 0.15) is 11.6 Å². The van der Waals surface area contributed by atoms with Crippen LogP contribution in [0, 0.1) is 18.3 Å². The van der Waals surface area contributed by atoms with E-state index in [-0.39, 0.29) is 24.7 Å². The van der Waals surface area contributed by atoms with E-state index in [9.17, 15) is 10.1 Å². The Hall–Kier alpha value is -5.52. The van der Waals surface area contributed by atoms with Crippen LogP contribution in [-0.2, 0) is 16.1 Å². The number of ether oxygens (including phenoxy) is 2. The van der Waals surface area contributed by atoms with Crippen LogP contribution in [0.1, 0.15) is 22.4 Å². The van der Waals surface area contributed by atoms with E-state index in [2.05, 4.69) is 56.5 Å². The van der Waals surface area contributed by atoms with Gasteiger partial charge in [-0.05, 0) is 42.3 Å². The lowest BCUT2D eigenvalue weighted by atomic mass is 10.1. The molecule has 0 aliphatic carbocycles. The minimum absolute atomic E-state index is 0.0856. The number of pyridine rings is 1. The van der Waals surface area contributed by atoms with Crippen molar-refractivity contribution in [1.82, 2.24) is 15.0 Å². The van der Waals surface area contributed by atoms with Crippen molar-refractivity contribution >= 4 is 12.1 Å². The van der Waals surface area contributed by atoms with Crippen molar-refractivity contribution in [1.29, 1.82) is 5.26 Å². The van der Waals surface area contributed by atoms with Crippen LogP contribution >= 0.6 is 0 Å². The van der Waals surface area contributed by atoms with Gasteiger partial charge in [-0.25, -0.2) is 10.4 Å². The van der Waals surface area contributed by atoms with Crippen LogP contribution in [0.25, 0.3) is 28.2 Å². The van der Waals surface area contributed by atoms with E-state index in [0.29, 0.717) is 11.3 Å². The summed E-state index contributed by atoms with van der Waals surface area (Å²) in [6.45, 7) is 1.66. The third kappa shape index (κ3) is 6.28. The number of nitrogens with one attached hydrogen (secondary N) is 1. The molecule has 0 aliphatic heterocycles. The van der Waals surface area contributed by atoms with Crippen molar-refractivity contribution in [3.63, 3.8) is 0 Å². The highest BCUT2D eigenvalue weighted by Gasteiger charge is 2.19. The molecule has 8 nitrogen and oxygen atoms in total. The number of aromatic nitrogens is 2. The van der Waals surface area contributed by atoms with Crippen molar-refractivity contribution in [2.45, 2.75) is 13.5 Å². The van der Waals surface area contributed by atoms with Crippen LogP contribution in [0.4, 0.5) is 0 Å². The Morgan fingerprint density at radius 2 is 1.62 bits per heavy atom. The summed E-state index contributed by atoms with van der Waals surface area (Å²) in [4.78, 5) is 17.0. The zero-order chi connectivity index (χ0) is 29.3. The zero-order valence-corrected chi connectivity index (χ0v) is 23.3. The maximum absolute atomic E-state index is 12.7. The first kappa shape index (κ1) is 28.0. The highest BCUT2D eigenvalue weighted by Crippen LogP contribution is 2.35.